The molecule has 0 saturated carbocycles. The first kappa shape index (κ1) is 18.5. The molecule has 22 heavy (non-hydrogen) atoms. The number of para-hydroxylation sites is 1. The Hall–Kier alpha value is -1.50. The number of ether oxygens (including phenoxy) is 3. The van der Waals surface area contributed by atoms with Crippen LogP contribution in [0.5, 0.6) is 11.5 Å². The molecule has 6 nitrogen and oxygen atoms in total. The molecule has 1 atom stereocenters. The second-order valence-electron chi connectivity index (χ2n) is 4.97. The zero-order valence-corrected chi connectivity index (χ0v) is 13.5. The number of nitrogens with one attached hydrogen (secondary N) is 1. The molecule has 1 aliphatic rings. The number of hydrogen-bond donors (Lipinski definition) is 2. The fourth-order valence-electron chi connectivity index (χ4n) is 2.34. The third kappa shape index (κ3) is 5.36. The Morgan fingerprint density at radius 2 is 2.32 bits per heavy atom. The molecule has 3 N–H and O–H groups in total. The van der Waals surface area contributed by atoms with Crippen molar-refractivity contribution in [3.8, 4) is 11.5 Å². The fourth-order valence-corrected chi connectivity index (χ4v) is 2.34. The number of primary amides is 1. The van der Waals surface area contributed by atoms with Gasteiger partial charge in [-0.25, -0.2) is 0 Å². The van der Waals surface area contributed by atoms with Gasteiger partial charge in [0, 0.05) is 25.3 Å². The smallest absolute Gasteiger partial charge is 0.255 e. The van der Waals surface area contributed by atoms with Gasteiger partial charge in [0.2, 0.25) is 0 Å². The molecular weight excluding hydrogens is 308 g/mol. The molecule has 2 rings (SSSR count). The van der Waals surface area contributed by atoms with Crippen LogP contribution in [-0.4, -0.2) is 38.9 Å². The standard InChI is InChI=1S/C15H22N2O4.ClH/c1-19-13-6-2-4-11(15(13)21-10-14(16)18)8-17-9-12-5-3-7-20-12;/h2,4,6,12,17H,3,5,7-10H2,1H3,(H2,16,18);1H. The Labute approximate surface area is 136 Å². The summed E-state index contributed by atoms with van der Waals surface area (Å²) in [6, 6.07) is 5.61. The molecule has 1 fully saturated rings. The Morgan fingerprint density at radius 3 is 2.95 bits per heavy atom. The van der Waals surface area contributed by atoms with Crippen LogP contribution >= 0.6 is 12.4 Å². The van der Waals surface area contributed by atoms with Crippen molar-refractivity contribution in [2.75, 3.05) is 26.9 Å². The predicted molar refractivity (Wildman–Crippen MR) is 85.6 cm³/mol. The minimum absolute atomic E-state index is 0. The van der Waals surface area contributed by atoms with Crippen LogP contribution in [-0.2, 0) is 16.1 Å². The number of methoxy groups -OCH3 is 1. The Kier molecular flexibility index (Phi) is 8.01. The van der Waals surface area contributed by atoms with Crippen LogP contribution in [0.4, 0.5) is 0 Å². The molecule has 124 valence electrons. The Bertz CT molecular complexity index is 479. The molecule has 0 radical (unpaired) electrons. The van der Waals surface area contributed by atoms with Gasteiger partial charge in [0.25, 0.3) is 5.91 Å². The van der Waals surface area contributed by atoms with Gasteiger partial charge in [-0.2, -0.15) is 0 Å². The highest BCUT2D eigenvalue weighted by molar-refractivity contribution is 5.85. The maximum absolute atomic E-state index is 10.9. The van der Waals surface area contributed by atoms with Crippen molar-refractivity contribution in [2.24, 2.45) is 5.73 Å². The van der Waals surface area contributed by atoms with E-state index in [1.165, 1.54) is 0 Å². The SMILES string of the molecule is COc1cccc(CNCC2CCCO2)c1OCC(N)=O.Cl. The highest BCUT2D eigenvalue weighted by Crippen LogP contribution is 2.31. The lowest BCUT2D eigenvalue weighted by atomic mass is 10.1. The molecule has 1 aromatic rings. The summed E-state index contributed by atoms with van der Waals surface area (Å²) >= 11 is 0. The number of nitrogens with two attached hydrogens (primary N) is 1. The van der Waals surface area contributed by atoms with Crippen LogP contribution in [0.1, 0.15) is 18.4 Å². The zero-order valence-electron chi connectivity index (χ0n) is 12.7. The quantitative estimate of drug-likeness (QED) is 0.749. The third-order valence-electron chi connectivity index (χ3n) is 3.35. The summed E-state index contributed by atoms with van der Waals surface area (Å²) in [5.74, 6) is 0.630. The maximum Gasteiger partial charge on any atom is 0.255 e. The Morgan fingerprint density at radius 1 is 1.50 bits per heavy atom. The van der Waals surface area contributed by atoms with E-state index >= 15 is 0 Å². The first-order valence-electron chi connectivity index (χ1n) is 7.10. The molecular formula is C15H23ClN2O4. The minimum Gasteiger partial charge on any atom is -0.493 e. The van der Waals surface area contributed by atoms with E-state index in [9.17, 15) is 4.79 Å². The monoisotopic (exact) mass is 330 g/mol. The molecule has 0 bridgehead atoms. The molecule has 0 aliphatic carbocycles. The highest BCUT2D eigenvalue weighted by Gasteiger charge is 2.16. The lowest BCUT2D eigenvalue weighted by Crippen LogP contribution is -2.26. The molecule has 1 aromatic carbocycles. The molecule has 1 unspecified atom stereocenters. The van der Waals surface area contributed by atoms with Crippen molar-refractivity contribution < 1.29 is 19.0 Å². The first-order valence-corrected chi connectivity index (χ1v) is 7.10. The van der Waals surface area contributed by atoms with Gasteiger partial charge < -0.3 is 25.3 Å². The summed E-state index contributed by atoms with van der Waals surface area (Å²) in [4.78, 5) is 10.9. The van der Waals surface area contributed by atoms with Crippen LogP contribution in [0, 0.1) is 0 Å². The second-order valence-corrected chi connectivity index (χ2v) is 4.97. The molecule has 1 heterocycles. The summed E-state index contributed by atoms with van der Waals surface area (Å²) in [6.45, 7) is 2.09. The number of benzene rings is 1. The van der Waals surface area contributed by atoms with Gasteiger partial charge in [0.1, 0.15) is 0 Å². The topological polar surface area (TPSA) is 82.8 Å². The predicted octanol–water partition coefficient (Wildman–Crippen LogP) is 1.25. The zero-order chi connectivity index (χ0) is 15.1. The van der Waals surface area contributed by atoms with Crippen molar-refractivity contribution in [1.82, 2.24) is 5.32 Å². The summed E-state index contributed by atoms with van der Waals surface area (Å²) in [6.07, 6.45) is 2.50. The van der Waals surface area contributed by atoms with Crippen LogP contribution in [0.25, 0.3) is 0 Å². The van der Waals surface area contributed by atoms with Crippen LogP contribution in [0.3, 0.4) is 0 Å². The van der Waals surface area contributed by atoms with Crippen LogP contribution in [0.2, 0.25) is 0 Å². The van der Waals surface area contributed by atoms with Gasteiger partial charge in [-0.1, -0.05) is 12.1 Å². The van der Waals surface area contributed by atoms with E-state index in [0.717, 1.165) is 31.6 Å². The number of rotatable bonds is 8. The normalized spacial score (nSPS) is 16.9. The molecule has 0 spiro atoms. The third-order valence-corrected chi connectivity index (χ3v) is 3.35. The van der Waals surface area contributed by atoms with Crippen molar-refractivity contribution in [3.63, 3.8) is 0 Å². The molecule has 7 heteroatoms. The van der Waals surface area contributed by atoms with Crippen molar-refractivity contribution in [1.29, 1.82) is 0 Å². The van der Waals surface area contributed by atoms with Gasteiger partial charge in [0.05, 0.1) is 13.2 Å². The fraction of sp³-hybridized carbons (Fsp3) is 0.533. The van der Waals surface area contributed by atoms with E-state index in [4.69, 9.17) is 19.9 Å². The number of carbonyl (C=O) groups is 1. The van der Waals surface area contributed by atoms with Crippen molar-refractivity contribution in [2.45, 2.75) is 25.5 Å². The van der Waals surface area contributed by atoms with E-state index in [1.54, 1.807) is 13.2 Å². The number of carbonyl (C=O) groups excluding carboxylic acids is 1. The average Bonchev–Trinajstić information content (AvgIpc) is 2.98. The van der Waals surface area contributed by atoms with Gasteiger partial charge >= 0.3 is 0 Å². The minimum atomic E-state index is -0.515. The average molecular weight is 331 g/mol. The van der Waals surface area contributed by atoms with Gasteiger partial charge in [-0.05, 0) is 18.9 Å². The van der Waals surface area contributed by atoms with Crippen LogP contribution in [0.15, 0.2) is 18.2 Å². The summed E-state index contributed by atoms with van der Waals surface area (Å²) < 4.78 is 16.3. The number of amides is 1. The first-order chi connectivity index (χ1) is 10.2. The summed E-state index contributed by atoms with van der Waals surface area (Å²) in [5, 5.41) is 3.35. The van der Waals surface area contributed by atoms with E-state index in [0.29, 0.717) is 18.0 Å². The maximum atomic E-state index is 10.9. The highest BCUT2D eigenvalue weighted by atomic mass is 35.5. The van der Waals surface area contributed by atoms with Gasteiger partial charge in [-0.3, -0.25) is 4.79 Å². The molecule has 1 aliphatic heterocycles. The Balaban J connectivity index is 0.00000242. The van der Waals surface area contributed by atoms with Gasteiger partial charge in [-0.15, -0.1) is 12.4 Å². The largest absolute Gasteiger partial charge is 0.493 e. The van der Waals surface area contributed by atoms with Crippen molar-refractivity contribution >= 4 is 18.3 Å². The summed E-state index contributed by atoms with van der Waals surface area (Å²) in [7, 11) is 1.57. The van der Waals surface area contributed by atoms with Crippen molar-refractivity contribution in [3.05, 3.63) is 23.8 Å². The molecule has 1 amide bonds. The number of halogens is 1. The summed E-state index contributed by atoms with van der Waals surface area (Å²) in [5.41, 5.74) is 6.05. The van der Waals surface area contributed by atoms with Crippen LogP contribution < -0.4 is 20.5 Å². The lowest BCUT2D eigenvalue weighted by Gasteiger charge is -2.16. The van der Waals surface area contributed by atoms with E-state index < -0.39 is 5.91 Å². The van der Waals surface area contributed by atoms with Gasteiger partial charge in [0.15, 0.2) is 18.1 Å². The molecule has 0 aromatic heterocycles. The molecule has 1 saturated heterocycles. The number of hydrogen-bond acceptors (Lipinski definition) is 5. The van der Waals surface area contributed by atoms with E-state index in [1.807, 2.05) is 12.1 Å². The van der Waals surface area contributed by atoms with E-state index in [-0.39, 0.29) is 25.1 Å². The lowest BCUT2D eigenvalue weighted by molar-refractivity contribution is -0.119. The van der Waals surface area contributed by atoms with E-state index in [2.05, 4.69) is 5.32 Å². The second kappa shape index (κ2) is 9.50.